The van der Waals surface area contributed by atoms with Crippen LogP contribution in [0.15, 0.2) is 24.3 Å². The smallest absolute Gasteiger partial charge is 0.320 e. The molecule has 1 heterocycles. The molecule has 0 spiro atoms. The Morgan fingerprint density at radius 1 is 1.29 bits per heavy atom. The second-order valence-electron chi connectivity index (χ2n) is 5.25. The number of aryl methyl sites for hydroxylation is 1. The number of esters is 1. The summed E-state index contributed by atoms with van der Waals surface area (Å²) in [5.41, 5.74) is 2.21. The van der Waals surface area contributed by atoms with Gasteiger partial charge >= 0.3 is 5.97 Å². The fourth-order valence-corrected chi connectivity index (χ4v) is 2.59. The van der Waals surface area contributed by atoms with Gasteiger partial charge in [0.2, 0.25) is 5.91 Å². The summed E-state index contributed by atoms with van der Waals surface area (Å²) in [6.07, 6.45) is 1.99. The molecule has 5 heteroatoms. The van der Waals surface area contributed by atoms with E-state index in [4.69, 9.17) is 4.74 Å². The van der Waals surface area contributed by atoms with Crippen molar-refractivity contribution >= 4 is 17.6 Å². The lowest BCUT2D eigenvalue weighted by molar-refractivity contribution is -0.144. The maximum absolute atomic E-state index is 12.4. The monoisotopic (exact) mass is 290 g/mol. The first-order valence-corrected chi connectivity index (χ1v) is 7.34. The van der Waals surface area contributed by atoms with E-state index in [1.54, 1.807) is 18.9 Å². The quantitative estimate of drug-likeness (QED) is 0.770. The van der Waals surface area contributed by atoms with E-state index in [1.807, 2.05) is 23.1 Å². The average Bonchev–Trinajstić information content (AvgIpc) is 2.46. The number of rotatable bonds is 5. The summed E-state index contributed by atoms with van der Waals surface area (Å²) < 4.78 is 4.89. The van der Waals surface area contributed by atoms with Crippen molar-refractivity contribution in [1.29, 1.82) is 0 Å². The Hall–Kier alpha value is -1.88. The van der Waals surface area contributed by atoms with E-state index in [9.17, 15) is 9.59 Å². The predicted molar refractivity (Wildman–Crippen MR) is 81.2 cm³/mol. The second-order valence-corrected chi connectivity index (χ2v) is 5.25. The minimum Gasteiger partial charge on any atom is -0.465 e. The molecule has 2 rings (SSSR count). The number of nitrogens with zero attached hydrogens (tertiary/aromatic N) is 2. The Bertz CT molecular complexity index is 516. The summed E-state index contributed by atoms with van der Waals surface area (Å²) in [5.74, 6) is -0.277. The van der Waals surface area contributed by atoms with Gasteiger partial charge in [0.15, 0.2) is 0 Å². The van der Waals surface area contributed by atoms with Gasteiger partial charge in [-0.2, -0.15) is 0 Å². The van der Waals surface area contributed by atoms with Crippen molar-refractivity contribution in [2.45, 2.75) is 19.8 Å². The molecule has 0 aliphatic carbocycles. The first-order valence-electron chi connectivity index (χ1n) is 7.34. The van der Waals surface area contributed by atoms with Crippen LogP contribution in [0, 0.1) is 0 Å². The van der Waals surface area contributed by atoms with Gasteiger partial charge in [-0.1, -0.05) is 18.2 Å². The van der Waals surface area contributed by atoms with Gasteiger partial charge in [-0.05, 0) is 38.4 Å². The number of amides is 1. The minimum atomic E-state index is -0.299. The van der Waals surface area contributed by atoms with E-state index in [0.717, 1.165) is 25.1 Å². The summed E-state index contributed by atoms with van der Waals surface area (Å²) in [4.78, 5) is 27.4. The van der Waals surface area contributed by atoms with Crippen LogP contribution in [0.3, 0.4) is 0 Å². The van der Waals surface area contributed by atoms with Crippen LogP contribution in [0.5, 0.6) is 0 Å². The number of fused-ring (bicyclic) bond motifs is 1. The zero-order valence-electron chi connectivity index (χ0n) is 12.7. The van der Waals surface area contributed by atoms with E-state index in [0.29, 0.717) is 6.61 Å². The van der Waals surface area contributed by atoms with Gasteiger partial charge in [-0.15, -0.1) is 0 Å². The third kappa shape index (κ3) is 4.04. The molecule has 0 aromatic heterocycles. The number of anilines is 1. The van der Waals surface area contributed by atoms with Gasteiger partial charge < -0.3 is 9.64 Å². The Morgan fingerprint density at radius 3 is 2.81 bits per heavy atom. The molecule has 1 amide bonds. The van der Waals surface area contributed by atoms with Gasteiger partial charge in [0.1, 0.15) is 0 Å². The average molecular weight is 290 g/mol. The van der Waals surface area contributed by atoms with E-state index in [-0.39, 0.29) is 25.0 Å². The molecule has 0 bridgehead atoms. The third-order valence-corrected chi connectivity index (χ3v) is 3.52. The minimum absolute atomic E-state index is 0.0222. The molecule has 1 aliphatic heterocycles. The van der Waals surface area contributed by atoms with E-state index in [1.165, 1.54) is 5.56 Å². The number of likely N-dealkylation sites (N-methyl/N-ethyl adjacent to an activating group) is 1. The molecule has 114 valence electrons. The van der Waals surface area contributed by atoms with Crippen LogP contribution < -0.4 is 4.90 Å². The SMILES string of the molecule is CCOC(=O)CN(C)CC(=O)N1CCCc2ccccc21. The highest BCUT2D eigenvalue weighted by Crippen LogP contribution is 2.26. The number of hydrogen-bond acceptors (Lipinski definition) is 4. The van der Waals surface area contributed by atoms with E-state index >= 15 is 0 Å². The predicted octanol–water partition coefficient (Wildman–Crippen LogP) is 1.46. The zero-order chi connectivity index (χ0) is 15.2. The number of ether oxygens (including phenoxy) is 1. The zero-order valence-corrected chi connectivity index (χ0v) is 12.7. The summed E-state index contributed by atoms with van der Waals surface area (Å²) >= 11 is 0. The molecule has 0 N–H and O–H groups in total. The highest BCUT2D eigenvalue weighted by Gasteiger charge is 2.23. The number of para-hydroxylation sites is 1. The van der Waals surface area contributed by atoms with Crippen LogP contribution >= 0.6 is 0 Å². The van der Waals surface area contributed by atoms with Crippen LogP contribution in [0.1, 0.15) is 18.9 Å². The molecule has 0 fully saturated rings. The van der Waals surface area contributed by atoms with Crippen molar-refractivity contribution < 1.29 is 14.3 Å². The fraction of sp³-hybridized carbons (Fsp3) is 0.500. The number of carbonyl (C=O) groups is 2. The van der Waals surface area contributed by atoms with Gasteiger partial charge in [-0.3, -0.25) is 14.5 Å². The fourth-order valence-electron chi connectivity index (χ4n) is 2.59. The Labute approximate surface area is 125 Å². The Morgan fingerprint density at radius 2 is 2.05 bits per heavy atom. The highest BCUT2D eigenvalue weighted by atomic mass is 16.5. The summed E-state index contributed by atoms with van der Waals surface area (Å²) in [6, 6.07) is 8.00. The van der Waals surface area contributed by atoms with Crippen molar-refractivity contribution in [1.82, 2.24) is 4.90 Å². The highest BCUT2D eigenvalue weighted by molar-refractivity contribution is 5.96. The van der Waals surface area contributed by atoms with Crippen molar-refractivity contribution in [2.24, 2.45) is 0 Å². The number of carbonyl (C=O) groups excluding carboxylic acids is 2. The van der Waals surface area contributed by atoms with Gasteiger partial charge in [0.25, 0.3) is 0 Å². The Kier molecular flexibility index (Phi) is 5.33. The van der Waals surface area contributed by atoms with Crippen LogP contribution in [-0.4, -0.2) is 50.1 Å². The van der Waals surface area contributed by atoms with Crippen LogP contribution in [-0.2, 0) is 20.7 Å². The van der Waals surface area contributed by atoms with Crippen molar-refractivity contribution in [3.05, 3.63) is 29.8 Å². The molecule has 1 aliphatic rings. The molecule has 0 saturated carbocycles. The lowest BCUT2D eigenvalue weighted by Crippen LogP contribution is -2.43. The lowest BCUT2D eigenvalue weighted by Gasteiger charge is -2.30. The van der Waals surface area contributed by atoms with Crippen LogP contribution in [0.4, 0.5) is 5.69 Å². The second kappa shape index (κ2) is 7.22. The van der Waals surface area contributed by atoms with E-state index in [2.05, 4.69) is 6.07 Å². The molecular weight excluding hydrogens is 268 g/mol. The van der Waals surface area contributed by atoms with Crippen LogP contribution in [0.2, 0.25) is 0 Å². The lowest BCUT2D eigenvalue weighted by atomic mass is 10.0. The molecule has 0 unspecified atom stereocenters. The van der Waals surface area contributed by atoms with Crippen molar-refractivity contribution in [3.63, 3.8) is 0 Å². The van der Waals surface area contributed by atoms with E-state index < -0.39 is 0 Å². The molecule has 0 radical (unpaired) electrons. The third-order valence-electron chi connectivity index (χ3n) is 3.52. The topological polar surface area (TPSA) is 49.9 Å². The summed E-state index contributed by atoms with van der Waals surface area (Å²) in [7, 11) is 1.75. The standard InChI is InChI=1S/C16H22N2O3/c1-3-21-16(20)12-17(2)11-15(19)18-10-6-8-13-7-4-5-9-14(13)18/h4-5,7,9H,3,6,8,10-12H2,1-2H3. The molecule has 1 aromatic rings. The summed E-state index contributed by atoms with van der Waals surface area (Å²) in [6.45, 7) is 3.22. The maximum atomic E-state index is 12.4. The van der Waals surface area contributed by atoms with Crippen LogP contribution in [0.25, 0.3) is 0 Å². The molecular formula is C16H22N2O3. The summed E-state index contributed by atoms with van der Waals surface area (Å²) in [5, 5.41) is 0. The van der Waals surface area contributed by atoms with Gasteiger partial charge in [-0.25, -0.2) is 0 Å². The van der Waals surface area contributed by atoms with Gasteiger partial charge in [0, 0.05) is 12.2 Å². The van der Waals surface area contributed by atoms with Crippen molar-refractivity contribution in [3.8, 4) is 0 Å². The molecule has 0 atom stereocenters. The molecule has 0 saturated heterocycles. The Balaban J connectivity index is 1.97. The maximum Gasteiger partial charge on any atom is 0.320 e. The largest absolute Gasteiger partial charge is 0.465 e. The number of hydrogen-bond donors (Lipinski definition) is 0. The van der Waals surface area contributed by atoms with Gasteiger partial charge in [0.05, 0.1) is 19.7 Å². The first-order chi connectivity index (χ1) is 10.1. The number of benzene rings is 1. The van der Waals surface area contributed by atoms with Crippen molar-refractivity contribution in [2.75, 3.05) is 38.2 Å². The molecule has 21 heavy (non-hydrogen) atoms. The molecule has 1 aromatic carbocycles. The molecule has 5 nitrogen and oxygen atoms in total. The normalized spacial score (nSPS) is 14.0. The first kappa shape index (κ1) is 15.5.